The molecule has 0 aliphatic rings. The zero-order valence-corrected chi connectivity index (χ0v) is 16.4. The smallest absolute Gasteiger partial charge is 0.264 e. The van der Waals surface area contributed by atoms with E-state index in [0.29, 0.717) is 12.2 Å². The average molecular weight is 394 g/mol. The summed E-state index contributed by atoms with van der Waals surface area (Å²) in [5.74, 6) is -0.285. The lowest BCUT2D eigenvalue weighted by Crippen LogP contribution is -2.41. The summed E-state index contributed by atoms with van der Waals surface area (Å²) in [6.45, 7) is 0.137. The van der Waals surface area contributed by atoms with Crippen LogP contribution in [0.15, 0.2) is 95.9 Å². The van der Waals surface area contributed by atoms with E-state index in [9.17, 15) is 13.2 Å². The maximum absolute atomic E-state index is 13.2. The van der Waals surface area contributed by atoms with Gasteiger partial charge in [0.2, 0.25) is 5.91 Å². The average Bonchev–Trinajstić information content (AvgIpc) is 2.73. The van der Waals surface area contributed by atoms with Crippen molar-refractivity contribution in [2.45, 2.75) is 11.4 Å². The number of nitrogens with zero attached hydrogens (tertiary/aromatic N) is 2. The van der Waals surface area contributed by atoms with E-state index < -0.39 is 10.0 Å². The largest absolute Gasteiger partial charge is 0.340 e. The Hall–Kier alpha value is -3.12. The SMILES string of the molecule is CN(Cc1ccccc1)C(=O)CN(c1ccccc1)S(=O)(=O)c1ccccc1. The topological polar surface area (TPSA) is 57.7 Å². The first-order valence-electron chi connectivity index (χ1n) is 8.89. The van der Waals surface area contributed by atoms with E-state index in [-0.39, 0.29) is 17.3 Å². The summed E-state index contributed by atoms with van der Waals surface area (Å²) in [5, 5.41) is 0. The fourth-order valence-corrected chi connectivity index (χ4v) is 4.25. The summed E-state index contributed by atoms with van der Waals surface area (Å²) in [6.07, 6.45) is 0. The quantitative estimate of drug-likeness (QED) is 0.616. The zero-order valence-electron chi connectivity index (χ0n) is 15.6. The van der Waals surface area contributed by atoms with Crippen LogP contribution in [0.4, 0.5) is 5.69 Å². The maximum atomic E-state index is 13.2. The highest BCUT2D eigenvalue weighted by Gasteiger charge is 2.28. The van der Waals surface area contributed by atoms with Crippen LogP contribution in [0, 0.1) is 0 Å². The number of hydrogen-bond acceptors (Lipinski definition) is 3. The molecule has 0 radical (unpaired) electrons. The third-order valence-corrected chi connectivity index (χ3v) is 6.13. The summed E-state index contributed by atoms with van der Waals surface area (Å²) >= 11 is 0. The fraction of sp³-hybridized carbons (Fsp3) is 0.136. The van der Waals surface area contributed by atoms with Crippen molar-refractivity contribution in [1.82, 2.24) is 4.90 Å². The highest BCUT2D eigenvalue weighted by Crippen LogP contribution is 2.23. The molecule has 0 heterocycles. The number of carbonyl (C=O) groups is 1. The van der Waals surface area contributed by atoms with Crippen LogP contribution in [-0.2, 0) is 21.4 Å². The number of likely N-dealkylation sites (N-methyl/N-ethyl adjacent to an activating group) is 1. The Bertz CT molecular complexity index is 1010. The molecule has 0 fully saturated rings. The van der Waals surface area contributed by atoms with Gasteiger partial charge in [-0.3, -0.25) is 9.10 Å². The molecule has 28 heavy (non-hydrogen) atoms. The minimum Gasteiger partial charge on any atom is -0.340 e. The number of para-hydroxylation sites is 1. The van der Waals surface area contributed by atoms with E-state index >= 15 is 0 Å². The molecule has 0 bridgehead atoms. The lowest BCUT2D eigenvalue weighted by molar-refractivity contribution is -0.128. The molecule has 0 aliphatic heterocycles. The number of carbonyl (C=O) groups excluding carboxylic acids is 1. The van der Waals surface area contributed by atoms with E-state index in [4.69, 9.17) is 0 Å². The number of rotatable bonds is 7. The summed E-state index contributed by atoms with van der Waals surface area (Å²) in [4.78, 5) is 14.5. The summed E-state index contributed by atoms with van der Waals surface area (Å²) in [5.41, 5.74) is 1.43. The lowest BCUT2D eigenvalue weighted by Gasteiger charge is -2.26. The normalized spacial score (nSPS) is 11.0. The highest BCUT2D eigenvalue weighted by molar-refractivity contribution is 7.92. The van der Waals surface area contributed by atoms with Crippen LogP contribution >= 0.6 is 0 Å². The summed E-state index contributed by atoms with van der Waals surface area (Å²) in [7, 11) is -2.20. The standard InChI is InChI=1S/C22H22N2O3S/c1-23(17-19-11-5-2-6-12-19)22(25)18-24(20-13-7-3-8-14-20)28(26,27)21-15-9-4-10-16-21/h2-16H,17-18H2,1H3. The molecule has 3 aromatic rings. The second-order valence-electron chi connectivity index (χ2n) is 6.40. The Morgan fingerprint density at radius 2 is 1.29 bits per heavy atom. The molecular formula is C22H22N2O3S. The molecule has 0 unspecified atom stereocenters. The molecule has 1 amide bonds. The van der Waals surface area contributed by atoms with Crippen LogP contribution in [0.2, 0.25) is 0 Å². The van der Waals surface area contributed by atoms with E-state index in [1.807, 2.05) is 30.3 Å². The van der Waals surface area contributed by atoms with Gasteiger partial charge in [0, 0.05) is 13.6 Å². The van der Waals surface area contributed by atoms with Gasteiger partial charge in [-0.15, -0.1) is 0 Å². The van der Waals surface area contributed by atoms with Crippen LogP contribution in [-0.4, -0.2) is 32.8 Å². The minimum absolute atomic E-state index is 0.150. The van der Waals surface area contributed by atoms with E-state index in [0.717, 1.165) is 9.87 Å². The Labute approximate surface area is 165 Å². The van der Waals surface area contributed by atoms with Gasteiger partial charge in [0.25, 0.3) is 10.0 Å². The second-order valence-corrected chi connectivity index (χ2v) is 8.26. The van der Waals surface area contributed by atoms with Gasteiger partial charge in [-0.05, 0) is 29.8 Å². The van der Waals surface area contributed by atoms with Gasteiger partial charge in [0.1, 0.15) is 6.54 Å². The van der Waals surface area contributed by atoms with Gasteiger partial charge in [0.15, 0.2) is 0 Å². The third-order valence-electron chi connectivity index (χ3n) is 4.34. The number of sulfonamides is 1. The molecule has 0 N–H and O–H groups in total. The molecule has 0 atom stereocenters. The first-order valence-corrected chi connectivity index (χ1v) is 10.3. The first kappa shape index (κ1) is 19.6. The Kier molecular flexibility index (Phi) is 6.11. The third kappa shape index (κ3) is 4.58. The van der Waals surface area contributed by atoms with Crippen molar-refractivity contribution in [3.05, 3.63) is 96.6 Å². The molecule has 0 aromatic heterocycles. The monoisotopic (exact) mass is 394 g/mol. The van der Waals surface area contributed by atoms with Crippen LogP contribution in [0.3, 0.4) is 0 Å². The van der Waals surface area contributed by atoms with Gasteiger partial charge in [-0.25, -0.2) is 8.42 Å². The van der Waals surface area contributed by atoms with Crippen LogP contribution < -0.4 is 4.31 Å². The predicted octanol–water partition coefficient (Wildman–Crippen LogP) is 3.54. The van der Waals surface area contributed by atoms with Crippen molar-refractivity contribution in [1.29, 1.82) is 0 Å². The number of benzene rings is 3. The maximum Gasteiger partial charge on any atom is 0.264 e. The predicted molar refractivity (Wildman–Crippen MR) is 110 cm³/mol. The number of hydrogen-bond donors (Lipinski definition) is 0. The van der Waals surface area contributed by atoms with Crippen LogP contribution in [0.1, 0.15) is 5.56 Å². The Morgan fingerprint density at radius 1 is 0.786 bits per heavy atom. The molecular weight excluding hydrogens is 372 g/mol. The Balaban J connectivity index is 1.87. The molecule has 144 valence electrons. The van der Waals surface area contributed by atoms with E-state index in [2.05, 4.69) is 0 Å². The molecule has 0 saturated carbocycles. The van der Waals surface area contributed by atoms with Gasteiger partial charge >= 0.3 is 0 Å². The van der Waals surface area contributed by atoms with Crippen LogP contribution in [0.25, 0.3) is 0 Å². The molecule has 6 heteroatoms. The highest BCUT2D eigenvalue weighted by atomic mass is 32.2. The number of amides is 1. The minimum atomic E-state index is -3.87. The lowest BCUT2D eigenvalue weighted by atomic mass is 10.2. The molecule has 0 aliphatic carbocycles. The summed E-state index contributed by atoms with van der Waals surface area (Å²) < 4.78 is 27.6. The van der Waals surface area contributed by atoms with Crippen molar-refractivity contribution in [3.63, 3.8) is 0 Å². The Morgan fingerprint density at radius 3 is 1.86 bits per heavy atom. The van der Waals surface area contributed by atoms with Gasteiger partial charge in [-0.2, -0.15) is 0 Å². The first-order chi connectivity index (χ1) is 13.5. The van der Waals surface area contributed by atoms with Gasteiger partial charge < -0.3 is 4.90 Å². The molecule has 3 rings (SSSR count). The van der Waals surface area contributed by atoms with Crippen molar-refractivity contribution in [3.8, 4) is 0 Å². The van der Waals surface area contributed by atoms with Gasteiger partial charge in [0.05, 0.1) is 10.6 Å². The molecule has 0 saturated heterocycles. The van der Waals surface area contributed by atoms with Crippen LogP contribution in [0.5, 0.6) is 0 Å². The molecule has 5 nitrogen and oxygen atoms in total. The summed E-state index contributed by atoms with van der Waals surface area (Å²) in [6, 6.07) is 26.4. The molecule has 0 spiro atoms. The fourth-order valence-electron chi connectivity index (χ4n) is 2.82. The van der Waals surface area contributed by atoms with Crippen molar-refractivity contribution in [2.75, 3.05) is 17.9 Å². The van der Waals surface area contributed by atoms with Crippen molar-refractivity contribution >= 4 is 21.6 Å². The van der Waals surface area contributed by atoms with E-state index in [1.165, 1.54) is 17.0 Å². The van der Waals surface area contributed by atoms with E-state index in [1.54, 1.807) is 55.6 Å². The second kappa shape index (κ2) is 8.71. The zero-order chi connectivity index (χ0) is 20.0. The van der Waals surface area contributed by atoms with Crippen molar-refractivity contribution in [2.24, 2.45) is 0 Å². The molecule has 3 aromatic carbocycles. The number of anilines is 1. The van der Waals surface area contributed by atoms with Crippen molar-refractivity contribution < 1.29 is 13.2 Å². The van der Waals surface area contributed by atoms with Gasteiger partial charge in [-0.1, -0.05) is 66.7 Å².